The zero-order chi connectivity index (χ0) is 9.54. The predicted octanol–water partition coefficient (Wildman–Crippen LogP) is 1.91. The molecule has 70 valence electrons. The van der Waals surface area contributed by atoms with Crippen molar-refractivity contribution in [1.29, 1.82) is 0 Å². The average molecular weight is 205 g/mol. The van der Waals surface area contributed by atoms with E-state index >= 15 is 0 Å². The molecule has 3 rings (SSSR count). The van der Waals surface area contributed by atoms with Crippen LogP contribution in [0.4, 0.5) is 0 Å². The summed E-state index contributed by atoms with van der Waals surface area (Å²) in [6.07, 6.45) is 0. The van der Waals surface area contributed by atoms with Gasteiger partial charge in [-0.25, -0.2) is 4.40 Å². The second kappa shape index (κ2) is 2.75. The number of para-hydroxylation sites is 2. The van der Waals surface area contributed by atoms with Gasteiger partial charge in [-0.3, -0.25) is 0 Å². The fraction of sp³-hybridized carbons (Fsp3) is 0.111. The maximum atomic E-state index is 5.49. The van der Waals surface area contributed by atoms with Gasteiger partial charge in [0.25, 0.3) is 0 Å². The molecule has 0 saturated heterocycles. The summed E-state index contributed by atoms with van der Waals surface area (Å²) in [5.41, 5.74) is 1.80. The second-order valence-corrected chi connectivity index (χ2v) is 3.28. The number of fused-ring (bicyclic) bond motifs is 3. The van der Waals surface area contributed by atoms with Crippen molar-refractivity contribution in [3.05, 3.63) is 30.1 Å². The van der Waals surface area contributed by atoms with E-state index in [9.17, 15) is 0 Å². The molecule has 2 heterocycles. The Kier molecular flexibility index (Phi) is 1.55. The van der Waals surface area contributed by atoms with Crippen LogP contribution in [0, 0.1) is 0 Å². The summed E-state index contributed by atoms with van der Waals surface area (Å²) in [5, 5.41) is 7.89. The van der Waals surface area contributed by atoms with E-state index in [1.54, 1.807) is 0 Å². The van der Waals surface area contributed by atoms with E-state index in [2.05, 4.69) is 22.8 Å². The lowest BCUT2D eigenvalue weighted by molar-refractivity contribution is 0.637. The van der Waals surface area contributed by atoms with Crippen molar-refractivity contribution < 1.29 is 4.42 Å². The highest BCUT2D eigenvalue weighted by Crippen LogP contribution is 2.20. The van der Waals surface area contributed by atoms with E-state index in [1.165, 1.54) is 0 Å². The van der Waals surface area contributed by atoms with E-state index in [0.29, 0.717) is 11.6 Å². The first-order valence-electron chi connectivity index (χ1n) is 4.22. The van der Waals surface area contributed by atoms with E-state index < -0.39 is 0 Å². The molecule has 0 spiro atoms. The van der Waals surface area contributed by atoms with Gasteiger partial charge in [-0.05, 0) is 12.1 Å². The lowest BCUT2D eigenvalue weighted by Crippen LogP contribution is -1.88. The van der Waals surface area contributed by atoms with Gasteiger partial charge in [0.1, 0.15) is 5.82 Å². The topological polar surface area (TPSA) is 43.3 Å². The quantitative estimate of drug-likeness (QED) is 0.617. The molecule has 1 aromatic carbocycles. The highest BCUT2D eigenvalue weighted by atomic mass is 32.1. The lowest BCUT2D eigenvalue weighted by Gasteiger charge is -1.90. The van der Waals surface area contributed by atoms with Crippen LogP contribution in [0.1, 0.15) is 5.82 Å². The van der Waals surface area contributed by atoms with Gasteiger partial charge in [0, 0.05) is 0 Å². The van der Waals surface area contributed by atoms with Gasteiger partial charge in [-0.1, -0.05) is 17.2 Å². The van der Waals surface area contributed by atoms with Crippen molar-refractivity contribution in [1.82, 2.24) is 14.6 Å². The number of thiol groups is 1. The number of hydrogen-bond acceptors (Lipinski definition) is 4. The Morgan fingerprint density at radius 3 is 3.00 bits per heavy atom. The van der Waals surface area contributed by atoms with Crippen molar-refractivity contribution in [3.63, 3.8) is 0 Å². The van der Waals surface area contributed by atoms with Crippen molar-refractivity contribution in [2.45, 2.75) is 5.75 Å². The molecule has 4 nitrogen and oxygen atoms in total. The summed E-state index contributed by atoms with van der Waals surface area (Å²) >= 11 is 4.19. The van der Waals surface area contributed by atoms with Crippen LogP contribution in [0.3, 0.4) is 0 Å². The monoisotopic (exact) mass is 205 g/mol. The molecular weight excluding hydrogens is 198 g/mol. The van der Waals surface area contributed by atoms with E-state index in [0.717, 1.165) is 16.9 Å². The molecule has 0 radical (unpaired) electrons. The smallest absolute Gasteiger partial charge is 0.327 e. The van der Waals surface area contributed by atoms with E-state index in [1.807, 2.05) is 28.7 Å². The zero-order valence-electron chi connectivity index (χ0n) is 7.21. The molecule has 0 aliphatic rings. The average Bonchev–Trinajstić information content (AvgIpc) is 2.75. The maximum absolute atomic E-state index is 5.49. The highest BCUT2D eigenvalue weighted by Gasteiger charge is 2.11. The Hall–Kier alpha value is -1.49. The molecule has 0 fully saturated rings. The molecular formula is C9H7N3OS. The summed E-state index contributed by atoms with van der Waals surface area (Å²) in [6.45, 7) is 0. The first kappa shape index (κ1) is 7.87. The Bertz CT molecular complexity index is 598. The van der Waals surface area contributed by atoms with Gasteiger partial charge in [-0.2, -0.15) is 12.6 Å². The lowest BCUT2D eigenvalue weighted by atomic mass is 10.3. The number of hydrogen-bond donors (Lipinski definition) is 1. The molecule has 0 bridgehead atoms. The van der Waals surface area contributed by atoms with Crippen LogP contribution >= 0.6 is 12.6 Å². The molecule has 0 aliphatic carbocycles. The fourth-order valence-corrected chi connectivity index (χ4v) is 1.74. The van der Waals surface area contributed by atoms with Gasteiger partial charge in [0.2, 0.25) is 0 Å². The summed E-state index contributed by atoms with van der Waals surface area (Å²) in [6, 6.07) is 7.77. The van der Waals surface area contributed by atoms with Crippen LogP contribution in [-0.4, -0.2) is 14.6 Å². The molecule has 0 saturated carbocycles. The Morgan fingerprint density at radius 1 is 1.29 bits per heavy atom. The van der Waals surface area contributed by atoms with Crippen LogP contribution in [-0.2, 0) is 5.75 Å². The highest BCUT2D eigenvalue weighted by molar-refractivity contribution is 7.79. The van der Waals surface area contributed by atoms with Crippen molar-refractivity contribution in [2.24, 2.45) is 0 Å². The number of nitrogens with zero attached hydrogens (tertiary/aromatic N) is 3. The molecule has 0 amide bonds. The molecule has 2 aromatic heterocycles. The van der Waals surface area contributed by atoms with Gasteiger partial charge >= 0.3 is 5.84 Å². The molecule has 14 heavy (non-hydrogen) atoms. The number of benzene rings is 1. The van der Waals surface area contributed by atoms with Gasteiger partial charge in [0.05, 0.1) is 11.3 Å². The standard InChI is InChI=1S/C9H7N3OS/c14-5-8-10-11-9-12(8)6-3-1-2-4-7(6)13-9/h1-4,14H,5H2. The Balaban J connectivity index is 2.54. The van der Waals surface area contributed by atoms with Crippen molar-refractivity contribution in [3.8, 4) is 0 Å². The number of aromatic nitrogens is 3. The van der Waals surface area contributed by atoms with Crippen LogP contribution in [0.15, 0.2) is 28.7 Å². The molecule has 0 atom stereocenters. The molecule has 0 N–H and O–H groups in total. The van der Waals surface area contributed by atoms with Gasteiger partial charge in [-0.15, -0.1) is 5.10 Å². The zero-order valence-corrected chi connectivity index (χ0v) is 8.11. The normalized spacial score (nSPS) is 11.5. The third-order valence-corrected chi connectivity index (χ3v) is 2.43. The summed E-state index contributed by atoms with van der Waals surface area (Å²) in [7, 11) is 0. The van der Waals surface area contributed by atoms with Crippen molar-refractivity contribution in [2.75, 3.05) is 0 Å². The molecule has 0 unspecified atom stereocenters. The van der Waals surface area contributed by atoms with Crippen molar-refractivity contribution >= 4 is 29.6 Å². The first-order valence-corrected chi connectivity index (χ1v) is 4.86. The minimum Gasteiger partial charge on any atom is -0.422 e. The Morgan fingerprint density at radius 2 is 2.14 bits per heavy atom. The van der Waals surface area contributed by atoms with E-state index in [-0.39, 0.29) is 0 Å². The first-order chi connectivity index (χ1) is 6.90. The van der Waals surface area contributed by atoms with Crippen LogP contribution in [0.5, 0.6) is 0 Å². The molecule has 5 heteroatoms. The third kappa shape index (κ3) is 0.899. The number of oxazole rings is 1. The van der Waals surface area contributed by atoms with Crippen LogP contribution in [0.25, 0.3) is 16.9 Å². The summed E-state index contributed by atoms with van der Waals surface area (Å²) < 4.78 is 7.37. The fourth-order valence-electron chi connectivity index (χ4n) is 1.54. The van der Waals surface area contributed by atoms with E-state index in [4.69, 9.17) is 4.42 Å². The second-order valence-electron chi connectivity index (χ2n) is 2.96. The minimum atomic E-state index is 0.523. The largest absolute Gasteiger partial charge is 0.422 e. The predicted molar refractivity (Wildman–Crippen MR) is 55.4 cm³/mol. The van der Waals surface area contributed by atoms with Crippen LogP contribution in [0.2, 0.25) is 0 Å². The molecule has 3 aromatic rings. The number of rotatable bonds is 1. The van der Waals surface area contributed by atoms with Crippen LogP contribution < -0.4 is 0 Å². The molecule has 0 aliphatic heterocycles. The minimum absolute atomic E-state index is 0.523. The maximum Gasteiger partial charge on any atom is 0.327 e. The Labute approximate surface area is 85.0 Å². The SMILES string of the molecule is SCc1nnc2oc3ccccc3n12. The van der Waals surface area contributed by atoms with Gasteiger partial charge in [0.15, 0.2) is 5.58 Å². The summed E-state index contributed by atoms with van der Waals surface area (Å²) in [5.74, 6) is 1.87. The summed E-state index contributed by atoms with van der Waals surface area (Å²) in [4.78, 5) is 0. The third-order valence-electron chi connectivity index (χ3n) is 2.15. The van der Waals surface area contributed by atoms with Gasteiger partial charge < -0.3 is 4.42 Å².